The molecule has 0 saturated heterocycles. The molecule has 0 aromatic rings. The fourth-order valence-electron chi connectivity index (χ4n) is 1.68. The van der Waals surface area contributed by atoms with Crippen molar-refractivity contribution in [2.24, 2.45) is 5.92 Å². The molecule has 1 aliphatic heterocycles. The fraction of sp³-hybridized carbons (Fsp3) is 0.625. The minimum atomic E-state index is 0.147. The minimum absolute atomic E-state index is 0.147. The second-order valence-corrected chi connectivity index (χ2v) is 2.95. The first-order valence-electron chi connectivity index (χ1n) is 3.75. The van der Waals surface area contributed by atoms with Gasteiger partial charge in [-0.05, 0) is 18.9 Å². The van der Waals surface area contributed by atoms with Crippen molar-refractivity contribution in [1.29, 1.82) is 0 Å². The van der Waals surface area contributed by atoms with E-state index in [0.29, 0.717) is 11.8 Å². The van der Waals surface area contributed by atoms with Crippen LogP contribution >= 0.6 is 0 Å². The van der Waals surface area contributed by atoms with Crippen molar-refractivity contribution in [2.45, 2.75) is 25.3 Å². The summed E-state index contributed by atoms with van der Waals surface area (Å²) in [5.74, 6) is 0.530. The van der Waals surface area contributed by atoms with Crippen molar-refractivity contribution in [2.75, 3.05) is 0 Å². The van der Waals surface area contributed by atoms with Gasteiger partial charge in [0.25, 0.3) is 0 Å². The summed E-state index contributed by atoms with van der Waals surface area (Å²) in [5.41, 5.74) is 0. The highest BCUT2D eigenvalue weighted by Crippen LogP contribution is 2.24. The molecule has 1 N–H and O–H groups in total. The quantitative estimate of drug-likeness (QED) is 0.529. The molecule has 1 heterocycles. The molecular formula is C8H10NO. The van der Waals surface area contributed by atoms with Crippen LogP contribution in [0.3, 0.4) is 0 Å². The maximum Gasteiger partial charge on any atom is 0.141 e. The molecular weight excluding hydrogens is 126 g/mol. The van der Waals surface area contributed by atoms with Crippen molar-refractivity contribution in [3.05, 3.63) is 12.3 Å². The molecule has 2 rings (SSSR count). The Kier molecular flexibility index (Phi) is 1.26. The Hall–Kier alpha value is -0.790. The van der Waals surface area contributed by atoms with E-state index in [1.807, 2.05) is 6.08 Å². The normalized spacial score (nSPS) is 37.4. The second kappa shape index (κ2) is 2.11. The third kappa shape index (κ3) is 0.753. The average Bonchev–Trinajstić information content (AvgIpc) is 2.36. The highest BCUT2D eigenvalue weighted by atomic mass is 16.1. The maximum absolute atomic E-state index is 11.2. The molecule has 2 heteroatoms. The van der Waals surface area contributed by atoms with E-state index in [0.717, 1.165) is 19.3 Å². The van der Waals surface area contributed by atoms with Gasteiger partial charge in [0.05, 0.1) is 12.1 Å². The lowest BCUT2D eigenvalue weighted by Gasteiger charge is -2.23. The van der Waals surface area contributed by atoms with Gasteiger partial charge in [0.15, 0.2) is 0 Å². The molecule has 2 nitrogen and oxygen atoms in total. The Morgan fingerprint density at radius 2 is 2.60 bits per heavy atom. The summed E-state index contributed by atoms with van der Waals surface area (Å²) in [6.45, 7) is 0. The average molecular weight is 136 g/mol. The van der Waals surface area contributed by atoms with Gasteiger partial charge in [-0.15, -0.1) is 0 Å². The third-order valence-corrected chi connectivity index (χ3v) is 2.28. The van der Waals surface area contributed by atoms with Gasteiger partial charge < -0.3 is 5.32 Å². The number of hydrogen-bond acceptors (Lipinski definition) is 2. The molecule has 1 radical (unpaired) electrons. The summed E-state index contributed by atoms with van der Waals surface area (Å²) >= 11 is 0. The van der Waals surface area contributed by atoms with Crippen LogP contribution in [0.25, 0.3) is 0 Å². The van der Waals surface area contributed by atoms with Crippen LogP contribution in [0.15, 0.2) is 6.08 Å². The van der Waals surface area contributed by atoms with E-state index in [-0.39, 0.29) is 5.92 Å². The molecule has 0 aromatic carbocycles. The molecule has 1 saturated carbocycles. The smallest absolute Gasteiger partial charge is 0.141 e. The minimum Gasteiger partial charge on any atom is -0.380 e. The van der Waals surface area contributed by atoms with Crippen molar-refractivity contribution in [3.63, 3.8) is 0 Å². The summed E-state index contributed by atoms with van der Waals surface area (Å²) in [4.78, 5) is 11.2. The van der Waals surface area contributed by atoms with Crippen LogP contribution in [-0.4, -0.2) is 11.8 Å². The van der Waals surface area contributed by atoms with Crippen LogP contribution in [0.5, 0.6) is 0 Å². The first kappa shape index (κ1) is 5.96. The van der Waals surface area contributed by atoms with Crippen molar-refractivity contribution >= 4 is 5.78 Å². The molecule has 2 unspecified atom stereocenters. The largest absolute Gasteiger partial charge is 0.380 e. The lowest BCUT2D eigenvalue weighted by molar-refractivity contribution is -0.123. The van der Waals surface area contributed by atoms with E-state index in [2.05, 4.69) is 11.5 Å². The monoisotopic (exact) mass is 136 g/mol. The number of fused-ring (bicyclic) bond motifs is 1. The number of ketones is 1. The van der Waals surface area contributed by atoms with Gasteiger partial charge >= 0.3 is 0 Å². The van der Waals surface area contributed by atoms with Gasteiger partial charge in [0.2, 0.25) is 0 Å². The summed E-state index contributed by atoms with van der Waals surface area (Å²) in [7, 11) is 0. The Labute approximate surface area is 60.3 Å². The Bertz CT molecular complexity index is 186. The van der Waals surface area contributed by atoms with E-state index >= 15 is 0 Å². The molecule has 1 fully saturated rings. The highest BCUT2D eigenvalue weighted by Gasteiger charge is 2.31. The van der Waals surface area contributed by atoms with Gasteiger partial charge in [-0.3, -0.25) is 4.79 Å². The SMILES string of the molecule is O=C1CCCC2N[C]=CC12. The zero-order valence-electron chi connectivity index (χ0n) is 5.76. The number of rotatable bonds is 0. The lowest BCUT2D eigenvalue weighted by Crippen LogP contribution is -2.35. The van der Waals surface area contributed by atoms with Crippen LogP contribution in [-0.2, 0) is 4.79 Å². The number of hydrogen-bond donors (Lipinski definition) is 1. The number of carbonyl (C=O) groups is 1. The lowest BCUT2D eigenvalue weighted by atomic mass is 9.85. The van der Waals surface area contributed by atoms with Crippen LogP contribution in [0.2, 0.25) is 0 Å². The molecule has 1 aliphatic carbocycles. The summed E-state index contributed by atoms with van der Waals surface area (Å²) in [6, 6.07) is 0.376. The van der Waals surface area contributed by atoms with Gasteiger partial charge in [0, 0.05) is 12.5 Å². The van der Waals surface area contributed by atoms with Gasteiger partial charge in [-0.2, -0.15) is 0 Å². The van der Waals surface area contributed by atoms with Gasteiger partial charge in [0.1, 0.15) is 5.78 Å². The van der Waals surface area contributed by atoms with E-state index in [4.69, 9.17) is 0 Å². The number of nitrogens with one attached hydrogen (secondary N) is 1. The Balaban J connectivity index is 2.16. The first-order valence-corrected chi connectivity index (χ1v) is 3.75. The molecule has 0 amide bonds. The number of Topliss-reactive ketones (excluding diaryl/α,β-unsaturated/α-hetero) is 1. The van der Waals surface area contributed by atoms with Gasteiger partial charge in [-0.1, -0.05) is 0 Å². The topological polar surface area (TPSA) is 29.1 Å². The molecule has 0 spiro atoms. The molecule has 0 aromatic heterocycles. The molecule has 2 aliphatic rings. The van der Waals surface area contributed by atoms with Crippen molar-refractivity contribution < 1.29 is 4.79 Å². The first-order chi connectivity index (χ1) is 4.88. The fourth-order valence-corrected chi connectivity index (χ4v) is 1.68. The zero-order valence-corrected chi connectivity index (χ0v) is 5.76. The molecule has 10 heavy (non-hydrogen) atoms. The standard InChI is InChI=1S/C8H10NO/c10-8-3-1-2-7-6(8)4-5-9-7/h4,6-7,9H,1-3H2. The van der Waals surface area contributed by atoms with Crippen LogP contribution in [0, 0.1) is 12.1 Å². The van der Waals surface area contributed by atoms with Crippen LogP contribution < -0.4 is 5.32 Å². The highest BCUT2D eigenvalue weighted by molar-refractivity contribution is 5.84. The van der Waals surface area contributed by atoms with Crippen LogP contribution in [0.1, 0.15) is 19.3 Å². The second-order valence-electron chi connectivity index (χ2n) is 2.95. The third-order valence-electron chi connectivity index (χ3n) is 2.28. The number of carbonyl (C=O) groups excluding carboxylic acids is 1. The molecule has 0 bridgehead atoms. The Morgan fingerprint density at radius 1 is 1.70 bits per heavy atom. The maximum atomic E-state index is 11.2. The van der Waals surface area contributed by atoms with E-state index in [9.17, 15) is 4.79 Å². The summed E-state index contributed by atoms with van der Waals surface area (Å²) in [5, 5.41) is 3.06. The van der Waals surface area contributed by atoms with Crippen molar-refractivity contribution in [1.82, 2.24) is 5.32 Å². The van der Waals surface area contributed by atoms with Crippen molar-refractivity contribution in [3.8, 4) is 0 Å². The molecule has 53 valence electrons. The predicted molar refractivity (Wildman–Crippen MR) is 37.1 cm³/mol. The van der Waals surface area contributed by atoms with E-state index in [1.165, 1.54) is 0 Å². The van der Waals surface area contributed by atoms with Gasteiger partial charge in [-0.25, -0.2) is 0 Å². The van der Waals surface area contributed by atoms with Crippen LogP contribution in [0.4, 0.5) is 0 Å². The zero-order chi connectivity index (χ0) is 6.97. The summed E-state index contributed by atoms with van der Waals surface area (Å²) in [6.07, 6.45) is 7.70. The van der Waals surface area contributed by atoms with E-state index in [1.54, 1.807) is 0 Å². The van der Waals surface area contributed by atoms with E-state index < -0.39 is 0 Å². The summed E-state index contributed by atoms with van der Waals surface area (Å²) < 4.78 is 0. The Morgan fingerprint density at radius 3 is 3.40 bits per heavy atom. The molecule has 2 atom stereocenters. The predicted octanol–water partition coefficient (Wildman–Crippen LogP) is 0.644.